The van der Waals surface area contributed by atoms with Gasteiger partial charge < -0.3 is 53.0 Å². The maximum absolute atomic E-state index is 13.1. The molecule has 11 aromatic rings. The number of carbonyl (C=O) groups is 3. The third-order valence-corrected chi connectivity index (χ3v) is 17.7. The lowest BCUT2D eigenvalue weighted by atomic mass is 9.80. The topological polar surface area (TPSA) is 186 Å². The molecule has 0 aliphatic rings. The summed E-state index contributed by atoms with van der Waals surface area (Å²) in [4.78, 5) is 33.2. The van der Waals surface area contributed by atoms with Gasteiger partial charge in [-0.05, 0) is 262 Å². The summed E-state index contributed by atoms with van der Waals surface area (Å²) in [6.45, 7) is 5.09. The first-order chi connectivity index (χ1) is 55.0. The van der Waals surface area contributed by atoms with E-state index in [1.807, 2.05) is 37.3 Å². The molecule has 14 nitrogen and oxygen atoms in total. The number of carboxylic acid groups (broad SMARTS) is 1. The van der Waals surface area contributed by atoms with Gasteiger partial charge in [-0.2, -0.15) is 65.9 Å². The van der Waals surface area contributed by atoms with E-state index in [0.717, 1.165) is 98.6 Å². The molecule has 0 unspecified atom stereocenters. The highest BCUT2D eigenvalue weighted by Crippen LogP contribution is 2.40. The van der Waals surface area contributed by atoms with Gasteiger partial charge in [0.1, 0.15) is 54.3 Å². The summed E-state index contributed by atoms with van der Waals surface area (Å²) in [5.74, 6) is 1.11. The highest BCUT2D eigenvalue weighted by Gasteiger charge is 2.34. The maximum Gasteiger partial charge on any atom is 0.488 e. The fourth-order valence-electron chi connectivity index (χ4n) is 10.8. The lowest BCUT2D eigenvalue weighted by Gasteiger charge is -2.14. The van der Waals surface area contributed by atoms with Crippen LogP contribution in [0.3, 0.4) is 0 Å². The van der Waals surface area contributed by atoms with Crippen molar-refractivity contribution in [3.8, 4) is 79.0 Å². The van der Waals surface area contributed by atoms with Crippen molar-refractivity contribution in [2.24, 2.45) is 0 Å². The van der Waals surface area contributed by atoms with Crippen molar-refractivity contribution in [1.29, 1.82) is 0 Å². The van der Waals surface area contributed by atoms with E-state index < -0.39 is 90.3 Å². The van der Waals surface area contributed by atoms with Crippen LogP contribution in [0.4, 0.5) is 65.9 Å². The summed E-state index contributed by atoms with van der Waals surface area (Å²) >= 11 is 6.91. The molecule has 0 aliphatic carbocycles. The first-order valence-electron chi connectivity index (χ1n) is 34.4. The molecule has 0 spiro atoms. The zero-order chi connectivity index (χ0) is 85.7. The fraction of sp³-hybridized carbons (Fsp3) is 0.188. The molecule has 0 aromatic heterocycles. The fourth-order valence-corrected chi connectivity index (χ4v) is 12.2. The van der Waals surface area contributed by atoms with E-state index in [9.17, 15) is 80.2 Å². The van der Waals surface area contributed by atoms with Crippen LogP contribution < -0.4 is 33.9 Å². The molecule has 0 atom stereocenters. The summed E-state index contributed by atoms with van der Waals surface area (Å²) in [7, 11) is 0.850. The van der Waals surface area contributed by atoms with E-state index in [4.69, 9.17) is 43.6 Å². The molecule has 11 aromatic carbocycles. The molecule has 0 amide bonds. The number of hydrogen-bond donors (Lipinski definition) is 3. The summed E-state index contributed by atoms with van der Waals surface area (Å²) < 4.78 is 237. The van der Waals surface area contributed by atoms with Crippen LogP contribution in [0.15, 0.2) is 239 Å². The normalized spacial score (nSPS) is 11.4. The van der Waals surface area contributed by atoms with E-state index >= 15 is 0 Å². The Balaban J connectivity index is 0.000000209. The van der Waals surface area contributed by atoms with Gasteiger partial charge in [-0.3, -0.25) is 0 Å². The minimum Gasteiger partial charge on any atom is -0.489 e. The molecule has 11 rings (SSSR count). The van der Waals surface area contributed by atoms with Gasteiger partial charge in [-0.25, -0.2) is 14.4 Å². The van der Waals surface area contributed by atoms with Crippen LogP contribution >= 0.6 is 31.9 Å². The number of carboxylic acids is 1. The van der Waals surface area contributed by atoms with Crippen LogP contribution in [0.5, 0.6) is 34.5 Å². The van der Waals surface area contributed by atoms with Crippen LogP contribution in [0.25, 0.3) is 44.5 Å². The van der Waals surface area contributed by atoms with Gasteiger partial charge in [0.25, 0.3) is 0 Å². The highest BCUT2D eigenvalue weighted by molar-refractivity contribution is 9.11. The van der Waals surface area contributed by atoms with Crippen molar-refractivity contribution in [1.82, 2.24) is 0 Å². The van der Waals surface area contributed by atoms with Crippen LogP contribution in [0.2, 0.25) is 0 Å². The molecule has 0 heterocycles. The van der Waals surface area contributed by atoms with Crippen LogP contribution in [-0.2, 0) is 74.6 Å². The van der Waals surface area contributed by atoms with E-state index in [-0.39, 0.29) is 31.9 Å². The zero-order valence-corrected chi connectivity index (χ0v) is 65.2. The molecule has 0 saturated carbocycles. The Morgan fingerprint density at radius 3 is 0.795 bits per heavy atom. The minimum absolute atomic E-state index is 0.0352. The van der Waals surface area contributed by atoms with E-state index in [2.05, 4.69) is 41.3 Å². The maximum atomic E-state index is 13.1. The van der Waals surface area contributed by atoms with Gasteiger partial charge in [0.05, 0.1) is 42.0 Å². The van der Waals surface area contributed by atoms with Gasteiger partial charge in [0.2, 0.25) is 0 Å². The molecule has 0 bridgehead atoms. The summed E-state index contributed by atoms with van der Waals surface area (Å²) in [6, 6.07) is 53.7. The molecule has 117 heavy (non-hydrogen) atoms. The van der Waals surface area contributed by atoms with E-state index in [0.29, 0.717) is 102 Å². The van der Waals surface area contributed by atoms with Crippen molar-refractivity contribution in [3.05, 3.63) is 301 Å². The Labute approximate surface area is 677 Å². The molecule has 614 valence electrons. The third kappa shape index (κ3) is 28.2. The molecule has 3 N–H and O–H groups in total. The molecule has 0 saturated heterocycles. The smallest absolute Gasteiger partial charge is 0.488 e. The minimum atomic E-state index is -4.49. The summed E-state index contributed by atoms with van der Waals surface area (Å²) in [6.07, 6.45) is -22.4. The first kappa shape index (κ1) is 91.1. The van der Waals surface area contributed by atoms with Gasteiger partial charge >= 0.3 is 55.9 Å². The molecule has 0 fully saturated rings. The number of esters is 2. The summed E-state index contributed by atoms with van der Waals surface area (Å²) in [5.41, 5.74) is 4.79. The molecule has 0 radical (unpaired) electrons. The predicted molar refractivity (Wildman–Crippen MR) is 412 cm³/mol. The van der Waals surface area contributed by atoms with Crippen molar-refractivity contribution < 1.29 is 133 Å². The number of benzene rings is 11. The second-order valence-electron chi connectivity index (χ2n) is 25.5. The number of aryl methyl sites for hydroxylation is 3. The molecular weight excluding hydrogens is 1700 g/mol. The largest absolute Gasteiger partial charge is 0.489 e. The summed E-state index contributed by atoms with van der Waals surface area (Å²) in [5, 5.41) is 26.0. The monoisotopic (exact) mass is 1770 g/mol. The van der Waals surface area contributed by atoms with Gasteiger partial charge in [-0.1, -0.05) is 105 Å². The van der Waals surface area contributed by atoms with Gasteiger partial charge in [-0.15, -0.1) is 0 Å². The number of hydrogen-bond acceptors (Lipinski definition) is 13. The van der Waals surface area contributed by atoms with E-state index in [1.54, 1.807) is 92.7 Å². The Bertz CT molecular complexity index is 5010. The Kier molecular flexibility index (Phi) is 31.4. The number of alkyl halides is 15. The molecule has 0 aliphatic heterocycles. The molecular formula is C85H68BBr2F15O14. The van der Waals surface area contributed by atoms with E-state index in [1.165, 1.54) is 62.8 Å². The number of halogens is 17. The average Bonchev–Trinajstić information content (AvgIpc) is 0.788. The standard InChI is InChI=1S/C31H24F6O4.C30H22F6O4.C17H16Br2O4.C7H6BF3O2/c1-19-13-27(11-12-28(19)41-18-29(38)39-2)40-17-20-14-23(21-3-7-25(8-4-21)30(32,33)34)16-24(15-20)22-5-9-26(10-6-22)31(35,36)37;1-18-12-26(10-11-27(18)40-17-28(37)38)39-16-19-13-22(20-2-6-24(7-3-20)29(31,32)33)15-23(14-19)21-4-8-25(9-5-21)30(34,35)36;1-11-5-15(3-4-16(11)23-10-17(20)21-2)22-9-12-6-13(18)8-14(19)7-12;9-7(10,11)5-1-3-6(4-2-5)8(12)13/h3-16H,17-18H2,1-2H3;2-15H,16-17H2,1H3,(H,37,38);3-8H,9-10H2,1-2H3;1-4,12-13H. The Morgan fingerprint density at radius 2 is 0.564 bits per heavy atom. The number of carbonyl (C=O) groups excluding carboxylic acids is 2. The van der Waals surface area contributed by atoms with Crippen molar-refractivity contribution >= 4 is 62.3 Å². The second kappa shape index (κ2) is 40.4. The van der Waals surface area contributed by atoms with Crippen molar-refractivity contribution in [2.45, 2.75) is 71.5 Å². The highest BCUT2D eigenvalue weighted by atomic mass is 79.9. The zero-order valence-electron chi connectivity index (χ0n) is 62.0. The van der Waals surface area contributed by atoms with Crippen LogP contribution in [0.1, 0.15) is 61.2 Å². The Morgan fingerprint density at radius 1 is 0.316 bits per heavy atom. The molecule has 32 heteroatoms. The van der Waals surface area contributed by atoms with Crippen molar-refractivity contribution in [2.75, 3.05) is 34.0 Å². The van der Waals surface area contributed by atoms with Gasteiger partial charge in [0, 0.05) is 8.95 Å². The number of aliphatic carboxylic acids is 1. The lowest BCUT2D eigenvalue weighted by molar-refractivity contribution is -0.143. The number of rotatable bonds is 23. The SMILES string of the molecule is COC(=O)COc1ccc(OCc2cc(-c3ccc(C(F)(F)F)cc3)cc(-c3ccc(C(F)(F)F)cc3)c2)cc1C.COC(=O)COc1ccc(OCc2cc(Br)cc(Br)c2)cc1C.Cc1cc(OCc2cc(-c3ccc(C(F)(F)F)cc3)cc(-c3ccc(C(F)(F)F)cc3)c2)ccc1OCC(=O)O.OB(O)c1ccc(C(F)(F)F)cc1. The number of ether oxygens (including phenoxy) is 8. The first-order valence-corrected chi connectivity index (χ1v) is 36.0. The van der Waals surface area contributed by atoms with Gasteiger partial charge in [0.15, 0.2) is 19.8 Å². The van der Waals surface area contributed by atoms with Crippen LogP contribution in [0, 0.1) is 20.8 Å². The second-order valence-corrected chi connectivity index (χ2v) is 27.3. The Hall–Kier alpha value is -11.5. The number of methoxy groups -OCH3 is 2. The quantitative estimate of drug-likeness (QED) is 0.0312. The third-order valence-electron chi connectivity index (χ3n) is 16.8. The van der Waals surface area contributed by atoms with Crippen LogP contribution in [-0.4, -0.2) is 74.2 Å². The van der Waals surface area contributed by atoms with Crippen molar-refractivity contribution in [3.63, 3.8) is 0 Å². The average molecular weight is 1770 g/mol. The predicted octanol–water partition coefficient (Wildman–Crippen LogP) is 21.9. The lowest BCUT2D eigenvalue weighted by Crippen LogP contribution is -2.29.